The highest BCUT2D eigenvalue weighted by molar-refractivity contribution is 5.91. The van der Waals surface area contributed by atoms with Gasteiger partial charge in [0.25, 0.3) is 5.69 Å². The number of aliphatic carboxylic acids is 1. The third-order valence-electron chi connectivity index (χ3n) is 3.64. The number of nitrogens with zero attached hydrogens (tertiary/aromatic N) is 1. The van der Waals surface area contributed by atoms with Crippen LogP contribution >= 0.6 is 0 Å². The van der Waals surface area contributed by atoms with Gasteiger partial charge in [-0.05, 0) is 36.4 Å². The van der Waals surface area contributed by atoms with Gasteiger partial charge < -0.3 is 19.9 Å². The monoisotopic (exact) mass is 428 g/mol. The smallest absolute Gasteiger partial charge is 0.488 e. The SMILES string of the molecule is O=C(O)C(F)(F)F.O=C(Oc1ccc([N+](=O)[O-])cc1)c1ccc(OC2CNC2)cc1. The Morgan fingerprint density at radius 2 is 1.53 bits per heavy atom. The van der Waals surface area contributed by atoms with Crippen molar-refractivity contribution in [1.82, 2.24) is 5.32 Å². The summed E-state index contributed by atoms with van der Waals surface area (Å²) in [6.07, 6.45) is -4.91. The summed E-state index contributed by atoms with van der Waals surface area (Å²) in [5.41, 5.74) is 0.319. The number of benzene rings is 2. The van der Waals surface area contributed by atoms with Gasteiger partial charge in [0.15, 0.2) is 0 Å². The van der Waals surface area contributed by atoms with Gasteiger partial charge in [-0.25, -0.2) is 9.59 Å². The first-order valence-electron chi connectivity index (χ1n) is 8.30. The van der Waals surface area contributed by atoms with Gasteiger partial charge in [0, 0.05) is 25.2 Å². The molecule has 2 N–H and O–H groups in total. The van der Waals surface area contributed by atoms with E-state index in [0.717, 1.165) is 13.1 Å². The highest BCUT2D eigenvalue weighted by atomic mass is 19.4. The second-order valence-electron chi connectivity index (χ2n) is 5.87. The van der Waals surface area contributed by atoms with E-state index in [2.05, 4.69) is 5.32 Å². The number of halogens is 3. The fourth-order valence-electron chi connectivity index (χ4n) is 2.01. The van der Waals surface area contributed by atoms with Crippen molar-refractivity contribution in [3.05, 3.63) is 64.2 Å². The van der Waals surface area contributed by atoms with Crippen LogP contribution in [0.15, 0.2) is 48.5 Å². The van der Waals surface area contributed by atoms with Gasteiger partial charge in [0.05, 0.1) is 10.5 Å². The van der Waals surface area contributed by atoms with E-state index in [4.69, 9.17) is 19.4 Å². The Bertz CT molecular complexity index is 895. The number of esters is 1. The Kier molecular flexibility index (Phi) is 7.31. The average Bonchev–Trinajstić information content (AvgIpc) is 2.65. The first-order chi connectivity index (χ1) is 14.1. The first-order valence-corrected chi connectivity index (χ1v) is 8.30. The number of ether oxygens (including phenoxy) is 2. The van der Waals surface area contributed by atoms with Crippen LogP contribution in [0.25, 0.3) is 0 Å². The quantitative estimate of drug-likeness (QED) is 0.322. The number of nitro groups is 1. The number of hydrogen-bond donors (Lipinski definition) is 2. The maximum atomic E-state index is 12.0. The maximum absolute atomic E-state index is 12.0. The molecule has 9 nitrogen and oxygen atoms in total. The second-order valence-corrected chi connectivity index (χ2v) is 5.87. The van der Waals surface area contributed by atoms with Gasteiger partial charge in [-0.15, -0.1) is 0 Å². The minimum atomic E-state index is -5.08. The van der Waals surface area contributed by atoms with Gasteiger partial charge in [-0.2, -0.15) is 13.2 Å². The van der Waals surface area contributed by atoms with Crippen molar-refractivity contribution in [3.63, 3.8) is 0 Å². The van der Waals surface area contributed by atoms with Crippen LogP contribution in [0.2, 0.25) is 0 Å². The fourth-order valence-corrected chi connectivity index (χ4v) is 2.01. The molecule has 2 aromatic rings. The summed E-state index contributed by atoms with van der Waals surface area (Å²) in [6.45, 7) is 1.65. The van der Waals surface area contributed by atoms with E-state index in [9.17, 15) is 28.1 Å². The van der Waals surface area contributed by atoms with Crippen molar-refractivity contribution in [2.45, 2.75) is 12.3 Å². The summed E-state index contributed by atoms with van der Waals surface area (Å²) in [5, 5.41) is 20.8. The molecule has 1 heterocycles. The van der Waals surface area contributed by atoms with Crippen molar-refractivity contribution in [2.75, 3.05) is 13.1 Å². The Morgan fingerprint density at radius 1 is 1.03 bits per heavy atom. The highest BCUT2D eigenvalue weighted by Gasteiger charge is 2.38. The average molecular weight is 428 g/mol. The largest absolute Gasteiger partial charge is 0.490 e. The number of rotatable bonds is 5. The van der Waals surface area contributed by atoms with E-state index < -0.39 is 23.0 Å². The van der Waals surface area contributed by atoms with Crippen molar-refractivity contribution in [2.24, 2.45) is 0 Å². The van der Waals surface area contributed by atoms with Crippen molar-refractivity contribution in [3.8, 4) is 11.5 Å². The zero-order valence-electron chi connectivity index (χ0n) is 15.1. The number of nitro benzene ring substituents is 1. The number of carbonyl (C=O) groups excluding carboxylic acids is 1. The van der Waals surface area contributed by atoms with E-state index in [1.54, 1.807) is 24.3 Å². The maximum Gasteiger partial charge on any atom is 0.490 e. The lowest BCUT2D eigenvalue weighted by Crippen LogP contribution is -2.50. The Morgan fingerprint density at radius 3 is 1.93 bits per heavy atom. The predicted octanol–water partition coefficient (Wildman–Crippen LogP) is 2.80. The molecule has 0 radical (unpaired) electrons. The topological polar surface area (TPSA) is 128 Å². The van der Waals surface area contributed by atoms with E-state index >= 15 is 0 Å². The zero-order chi connectivity index (χ0) is 22.3. The summed E-state index contributed by atoms with van der Waals surface area (Å²) >= 11 is 0. The molecule has 1 aliphatic heterocycles. The molecule has 1 fully saturated rings. The molecule has 0 atom stereocenters. The molecule has 0 unspecified atom stereocenters. The van der Waals surface area contributed by atoms with Crippen LogP contribution in [0.5, 0.6) is 11.5 Å². The Labute approximate surface area is 167 Å². The van der Waals surface area contributed by atoms with Crippen molar-refractivity contribution >= 4 is 17.6 Å². The fraction of sp³-hybridized carbons (Fsp3) is 0.222. The first kappa shape index (κ1) is 22.6. The minimum Gasteiger partial charge on any atom is -0.488 e. The molecule has 2 aromatic carbocycles. The van der Waals surface area contributed by atoms with Crippen LogP contribution in [-0.4, -0.2) is 47.3 Å². The summed E-state index contributed by atoms with van der Waals surface area (Å²) in [7, 11) is 0. The number of alkyl halides is 3. The lowest BCUT2D eigenvalue weighted by atomic mass is 10.2. The highest BCUT2D eigenvalue weighted by Crippen LogP contribution is 2.20. The zero-order valence-corrected chi connectivity index (χ0v) is 15.1. The molecular weight excluding hydrogens is 413 g/mol. The number of carbonyl (C=O) groups is 2. The van der Waals surface area contributed by atoms with Crippen LogP contribution < -0.4 is 14.8 Å². The van der Waals surface area contributed by atoms with Crippen LogP contribution in [-0.2, 0) is 4.79 Å². The molecule has 12 heteroatoms. The minimum absolute atomic E-state index is 0.0585. The molecule has 0 aliphatic carbocycles. The number of hydrogen-bond acceptors (Lipinski definition) is 7. The van der Waals surface area contributed by atoms with Gasteiger partial charge in [0.2, 0.25) is 0 Å². The van der Waals surface area contributed by atoms with E-state index in [1.165, 1.54) is 24.3 Å². The lowest BCUT2D eigenvalue weighted by molar-refractivity contribution is -0.384. The van der Waals surface area contributed by atoms with Crippen LogP contribution in [0, 0.1) is 10.1 Å². The number of non-ortho nitro benzene ring substituents is 1. The molecule has 160 valence electrons. The molecule has 1 aliphatic rings. The molecule has 0 spiro atoms. The summed E-state index contributed by atoms with van der Waals surface area (Å²) < 4.78 is 42.6. The van der Waals surface area contributed by atoms with E-state index in [1.807, 2.05) is 0 Å². The molecule has 0 amide bonds. The number of carboxylic acid groups (broad SMARTS) is 1. The normalized spacial score (nSPS) is 13.3. The summed E-state index contributed by atoms with van der Waals surface area (Å²) in [4.78, 5) is 31.0. The van der Waals surface area contributed by atoms with E-state index in [0.29, 0.717) is 11.3 Å². The third-order valence-corrected chi connectivity index (χ3v) is 3.64. The van der Waals surface area contributed by atoms with Crippen LogP contribution in [0.4, 0.5) is 18.9 Å². The summed E-state index contributed by atoms with van der Waals surface area (Å²) in [5.74, 6) is -2.34. The van der Waals surface area contributed by atoms with Crippen LogP contribution in [0.3, 0.4) is 0 Å². The summed E-state index contributed by atoms with van der Waals surface area (Å²) in [6, 6.07) is 12.0. The Hall–Kier alpha value is -3.67. The molecule has 30 heavy (non-hydrogen) atoms. The second kappa shape index (κ2) is 9.69. The molecule has 0 bridgehead atoms. The predicted molar refractivity (Wildman–Crippen MR) is 95.5 cm³/mol. The van der Waals surface area contributed by atoms with Crippen LogP contribution in [0.1, 0.15) is 10.4 Å². The van der Waals surface area contributed by atoms with Crippen molar-refractivity contribution < 1.29 is 42.3 Å². The molecule has 3 rings (SSSR count). The standard InChI is InChI=1S/C16H14N2O5.C2HF3O2/c19-16(23-14-7-3-12(4-8-14)18(20)21)11-1-5-13(6-2-11)22-15-9-17-10-15;3-2(4,5)1(6)7/h1-8,15,17H,9-10H2;(H,6,7). The molecular formula is C18H15F3N2O7. The van der Waals surface area contributed by atoms with Gasteiger partial charge in [-0.3, -0.25) is 10.1 Å². The Balaban J connectivity index is 0.000000396. The van der Waals surface area contributed by atoms with Gasteiger partial charge in [-0.1, -0.05) is 0 Å². The molecule has 0 aromatic heterocycles. The number of carboxylic acids is 1. The van der Waals surface area contributed by atoms with E-state index in [-0.39, 0.29) is 17.5 Å². The number of nitrogens with one attached hydrogen (secondary N) is 1. The lowest BCUT2D eigenvalue weighted by Gasteiger charge is -2.27. The van der Waals surface area contributed by atoms with Gasteiger partial charge in [0.1, 0.15) is 17.6 Å². The third kappa shape index (κ3) is 6.74. The molecule has 1 saturated heterocycles. The van der Waals surface area contributed by atoms with Crippen molar-refractivity contribution in [1.29, 1.82) is 0 Å². The molecule has 0 saturated carbocycles. The van der Waals surface area contributed by atoms with Gasteiger partial charge >= 0.3 is 18.1 Å².